The molecule has 0 N–H and O–H groups in total. The van der Waals surface area contributed by atoms with Gasteiger partial charge in [-0.1, -0.05) is 45.1 Å². The molecule has 1 aromatic rings. The van der Waals surface area contributed by atoms with Gasteiger partial charge in [0.05, 0.1) is 0 Å². The molecular weight excluding hydrogens is 348 g/mol. The van der Waals surface area contributed by atoms with Gasteiger partial charge in [0.25, 0.3) is 0 Å². The molecule has 1 heterocycles. The van der Waals surface area contributed by atoms with Crippen molar-refractivity contribution in [3.8, 4) is 0 Å². The maximum atomic E-state index is 14.0. The first-order chi connectivity index (χ1) is 13.6. The number of ketones is 1. The zero-order chi connectivity index (χ0) is 19.7. The second kappa shape index (κ2) is 8.12. The highest BCUT2D eigenvalue weighted by atomic mass is 16.7. The zero-order valence-electron chi connectivity index (χ0n) is 17.6. The van der Waals surface area contributed by atoms with Crippen molar-refractivity contribution in [2.24, 2.45) is 17.8 Å². The quantitative estimate of drug-likeness (QED) is 0.481. The Hall–Kier alpha value is -1.45. The number of Topliss-reactive ketones (excluding diaryl/α,β-unsaturated/α-hetero) is 1. The van der Waals surface area contributed by atoms with Crippen LogP contribution in [0.3, 0.4) is 0 Å². The van der Waals surface area contributed by atoms with Gasteiger partial charge in [0.2, 0.25) is 0 Å². The summed E-state index contributed by atoms with van der Waals surface area (Å²) in [5, 5.41) is 0. The number of rotatable bonds is 6. The number of aryl methyl sites for hydroxylation is 2. The molecule has 1 aromatic carbocycles. The van der Waals surface area contributed by atoms with Gasteiger partial charge in [-0.2, -0.15) is 0 Å². The first kappa shape index (κ1) is 19.8. The summed E-state index contributed by atoms with van der Waals surface area (Å²) in [4.78, 5) is 14.0. The Morgan fingerprint density at radius 2 is 1.93 bits per heavy atom. The summed E-state index contributed by atoms with van der Waals surface area (Å²) < 4.78 is 12.6. The zero-order valence-corrected chi connectivity index (χ0v) is 17.6. The molecule has 0 radical (unpaired) electrons. The van der Waals surface area contributed by atoms with E-state index in [1.54, 1.807) is 0 Å². The van der Waals surface area contributed by atoms with E-state index in [0.717, 1.165) is 57.1 Å². The third kappa shape index (κ3) is 3.27. The van der Waals surface area contributed by atoms with E-state index in [0.29, 0.717) is 5.92 Å². The Bertz CT molecular complexity index is 746. The molecule has 0 aromatic heterocycles. The minimum Gasteiger partial charge on any atom is -0.353 e. The fourth-order valence-electron chi connectivity index (χ4n) is 5.58. The average molecular weight is 383 g/mol. The Labute approximate surface area is 169 Å². The van der Waals surface area contributed by atoms with Crippen molar-refractivity contribution in [2.45, 2.75) is 77.6 Å². The van der Waals surface area contributed by atoms with E-state index < -0.39 is 5.60 Å². The summed E-state index contributed by atoms with van der Waals surface area (Å²) in [7, 11) is 0. The van der Waals surface area contributed by atoms with Crippen LogP contribution in [0.5, 0.6) is 0 Å². The summed E-state index contributed by atoms with van der Waals surface area (Å²) in [6.45, 7) is 7.29. The summed E-state index contributed by atoms with van der Waals surface area (Å²) in [6.07, 6.45) is 11.5. The summed E-state index contributed by atoms with van der Waals surface area (Å²) in [5.74, 6) is 0.885. The van der Waals surface area contributed by atoms with E-state index in [-0.39, 0.29) is 23.9 Å². The maximum absolute atomic E-state index is 14.0. The van der Waals surface area contributed by atoms with Crippen LogP contribution < -0.4 is 0 Å². The SMILES string of the molecule is CCc1ccc(C(=O)C2(OC3CCCCO3)C3C=CC(CC3)C2C)cc1CC. The first-order valence-electron chi connectivity index (χ1n) is 11.2. The topological polar surface area (TPSA) is 35.5 Å². The molecule has 5 atom stereocenters. The van der Waals surface area contributed by atoms with Gasteiger partial charge in [0.1, 0.15) is 5.60 Å². The fourth-order valence-corrected chi connectivity index (χ4v) is 5.58. The molecule has 5 unspecified atom stereocenters. The lowest BCUT2D eigenvalue weighted by atomic mass is 9.57. The minimum atomic E-state index is -0.793. The second-order valence-corrected chi connectivity index (χ2v) is 8.75. The normalized spacial score (nSPS) is 34.5. The lowest BCUT2D eigenvalue weighted by Crippen LogP contribution is -2.60. The van der Waals surface area contributed by atoms with Gasteiger partial charge >= 0.3 is 0 Å². The summed E-state index contributed by atoms with van der Waals surface area (Å²) >= 11 is 0. The lowest BCUT2D eigenvalue weighted by Gasteiger charge is -2.53. The molecule has 1 saturated carbocycles. The molecule has 2 bridgehead atoms. The van der Waals surface area contributed by atoms with Crippen LogP contribution in [0.25, 0.3) is 0 Å². The van der Waals surface area contributed by atoms with Crippen molar-refractivity contribution in [1.82, 2.24) is 0 Å². The average Bonchev–Trinajstić information content (AvgIpc) is 2.76. The number of allylic oxidation sites excluding steroid dienone is 1. The number of fused-ring (bicyclic) bond motifs is 2. The van der Waals surface area contributed by atoms with Crippen LogP contribution in [0.1, 0.15) is 74.4 Å². The van der Waals surface area contributed by atoms with Gasteiger partial charge in [-0.25, -0.2) is 0 Å². The van der Waals surface area contributed by atoms with Gasteiger partial charge in [0.15, 0.2) is 12.1 Å². The smallest absolute Gasteiger partial charge is 0.195 e. The number of ether oxygens (including phenoxy) is 2. The fraction of sp³-hybridized carbons (Fsp3) is 0.640. The molecule has 3 nitrogen and oxygen atoms in total. The predicted octanol–water partition coefficient (Wildman–Crippen LogP) is 5.51. The minimum absolute atomic E-state index is 0.140. The van der Waals surface area contributed by atoms with Gasteiger partial charge in [0, 0.05) is 18.1 Å². The number of hydrogen-bond acceptors (Lipinski definition) is 3. The van der Waals surface area contributed by atoms with E-state index in [9.17, 15) is 4.79 Å². The molecular formula is C25H34O3. The maximum Gasteiger partial charge on any atom is 0.195 e. The number of benzene rings is 1. The standard InChI is InChI=1S/C25H34O3/c1-4-18-9-10-21(16-19(18)5-2)24(26)25(28-23-8-6-7-15-27-23)17(3)20-11-13-22(25)14-12-20/h9-11,13,16-17,20,22-23H,4-8,12,14-15H2,1-3H3. The van der Waals surface area contributed by atoms with E-state index in [4.69, 9.17) is 9.47 Å². The van der Waals surface area contributed by atoms with Crippen LogP contribution in [0.15, 0.2) is 30.4 Å². The molecule has 1 saturated heterocycles. The molecule has 4 aliphatic rings. The predicted molar refractivity (Wildman–Crippen MR) is 111 cm³/mol. The first-order valence-corrected chi connectivity index (χ1v) is 11.2. The van der Waals surface area contributed by atoms with Crippen LogP contribution in [0, 0.1) is 17.8 Å². The third-order valence-corrected chi connectivity index (χ3v) is 7.32. The van der Waals surface area contributed by atoms with Crippen LogP contribution in [0.2, 0.25) is 0 Å². The second-order valence-electron chi connectivity index (χ2n) is 8.75. The molecule has 0 amide bonds. The van der Waals surface area contributed by atoms with Crippen molar-refractivity contribution in [3.05, 3.63) is 47.0 Å². The Balaban J connectivity index is 1.73. The Kier molecular flexibility index (Phi) is 5.76. The van der Waals surface area contributed by atoms with E-state index in [1.165, 1.54) is 11.1 Å². The third-order valence-electron chi connectivity index (χ3n) is 7.32. The monoisotopic (exact) mass is 382 g/mol. The van der Waals surface area contributed by atoms with Crippen LogP contribution in [-0.2, 0) is 22.3 Å². The molecule has 152 valence electrons. The van der Waals surface area contributed by atoms with Gasteiger partial charge in [-0.05, 0) is 74.0 Å². The van der Waals surface area contributed by atoms with Crippen molar-refractivity contribution >= 4 is 5.78 Å². The van der Waals surface area contributed by atoms with Gasteiger partial charge in [-0.15, -0.1) is 0 Å². The molecule has 5 rings (SSSR count). The highest BCUT2D eigenvalue weighted by molar-refractivity contribution is 6.03. The number of hydrogen-bond donors (Lipinski definition) is 0. The van der Waals surface area contributed by atoms with Gasteiger partial charge in [-0.3, -0.25) is 4.79 Å². The number of carbonyl (C=O) groups excluding carboxylic acids is 1. The van der Waals surface area contributed by atoms with Crippen molar-refractivity contribution in [2.75, 3.05) is 6.61 Å². The highest BCUT2D eigenvalue weighted by Gasteiger charge is 2.57. The molecule has 2 fully saturated rings. The Morgan fingerprint density at radius 3 is 2.54 bits per heavy atom. The molecule has 3 heteroatoms. The van der Waals surface area contributed by atoms with Crippen LogP contribution in [0.4, 0.5) is 0 Å². The molecule has 28 heavy (non-hydrogen) atoms. The van der Waals surface area contributed by atoms with E-state index in [2.05, 4.69) is 45.1 Å². The summed E-state index contributed by atoms with van der Waals surface area (Å²) in [6, 6.07) is 6.27. The Morgan fingerprint density at radius 1 is 1.11 bits per heavy atom. The molecule has 3 aliphatic carbocycles. The van der Waals surface area contributed by atoms with E-state index >= 15 is 0 Å². The van der Waals surface area contributed by atoms with Crippen molar-refractivity contribution < 1.29 is 14.3 Å². The largest absolute Gasteiger partial charge is 0.353 e. The highest BCUT2D eigenvalue weighted by Crippen LogP contribution is 2.51. The molecule has 1 aliphatic heterocycles. The number of carbonyl (C=O) groups is 1. The van der Waals surface area contributed by atoms with E-state index in [1.807, 2.05) is 6.07 Å². The van der Waals surface area contributed by atoms with Crippen LogP contribution >= 0.6 is 0 Å². The van der Waals surface area contributed by atoms with Gasteiger partial charge < -0.3 is 9.47 Å². The lowest BCUT2D eigenvalue weighted by molar-refractivity contribution is -0.243. The van der Waals surface area contributed by atoms with Crippen molar-refractivity contribution in [3.63, 3.8) is 0 Å². The summed E-state index contributed by atoms with van der Waals surface area (Å²) in [5.41, 5.74) is 2.63. The van der Waals surface area contributed by atoms with Crippen molar-refractivity contribution in [1.29, 1.82) is 0 Å². The van der Waals surface area contributed by atoms with Crippen LogP contribution in [-0.4, -0.2) is 24.3 Å². The molecule has 0 spiro atoms.